The van der Waals surface area contributed by atoms with Gasteiger partial charge in [0, 0.05) is 17.8 Å². The van der Waals surface area contributed by atoms with Gasteiger partial charge in [-0.25, -0.2) is 9.97 Å². The minimum Gasteiger partial charge on any atom is -0.370 e. The molecule has 0 aliphatic rings. The highest BCUT2D eigenvalue weighted by Crippen LogP contribution is 2.27. The van der Waals surface area contributed by atoms with E-state index in [1.807, 2.05) is 6.92 Å². The van der Waals surface area contributed by atoms with E-state index in [9.17, 15) is 0 Å². The number of aromatic amines is 1. The molecular formula is C13H20N6. The van der Waals surface area contributed by atoms with Crippen molar-refractivity contribution < 1.29 is 0 Å². The first-order chi connectivity index (χ1) is 9.13. The summed E-state index contributed by atoms with van der Waals surface area (Å²) in [4.78, 5) is 9.12. The van der Waals surface area contributed by atoms with Gasteiger partial charge in [0.25, 0.3) is 0 Å². The Labute approximate surface area is 113 Å². The van der Waals surface area contributed by atoms with E-state index in [1.54, 1.807) is 6.20 Å². The number of anilines is 1. The summed E-state index contributed by atoms with van der Waals surface area (Å²) in [6.45, 7) is 9.35. The maximum absolute atomic E-state index is 4.59. The average Bonchev–Trinajstić information content (AvgIpc) is 2.88. The summed E-state index contributed by atoms with van der Waals surface area (Å²) in [5.41, 5.74) is 2.82. The van der Waals surface area contributed by atoms with Crippen LogP contribution < -0.4 is 5.32 Å². The molecule has 19 heavy (non-hydrogen) atoms. The van der Waals surface area contributed by atoms with Crippen LogP contribution in [-0.4, -0.2) is 31.9 Å². The fraction of sp³-hybridized carbons (Fsp3) is 0.538. The third-order valence-corrected chi connectivity index (χ3v) is 2.90. The van der Waals surface area contributed by atoms with Crippen LogP contribution in [-0.2, 0) is 0 Å². The zero-order valence-electron chi connectivity index (χ0n) is 11.9. The van der Waals surface area contributed by atoms with Gasteiger partial charge in [0.2, 0.25) is 0 Å². The lowest BCUT2D eigenvalue weighted by atomic mass is 10.0. The van der Waals surface area contributed by atoms with Crippen LogP contribution in [0.3, 0.4) is 0 Å². The normalized spacial score (nSPS) is 11.0. The number of hydrogen-bond acceptors (Lipinski definition) is 5. The smallest absolute Gasteiger partial charge is 0.184 e. The summed E-state index contributed by atoms with van der Waals surface area (Å²) in [7, 11) is 0. The highest BCUT2D eigenvalue weighted by molar-refractivity contribution is 5.56. The molecule has 2 rings (SSSR count). The Hall–Kier alpha value is -1.98. The van der Waals surface area contributed by atoms with E-state index in [1.165, 1.54) is 5.56 Å². The molecule has 0 saturated heterocycles. The molecule has 2 heterocycles. The maximum Gasteiger partial charge on any atom is 0.184 e. The third-order valence-electron chi connectivity index (χ3n) is 2.90. The molecular weight excluding hydrogens is 240 g/mol. The number of H-pyrrole nitrogens is 1. The molecule has 0 aliphatic heterocycles. The molecule has 2 aromatic rings. The van der Waals surface area contributed by atoms with Gasteiger partial charge in [-0.15, -0.1) is 0 Å². The van der Waals surface area contributed by atoms with Crippen molar-refractivity contribution >= 4 is 5.82 Å². The Morgan fingerprint density at radius 2 is 2.11 bits per heavy atom. The van der Waals surface area contributed by atoms with Gasteiger partial charge in [0.05, 0.1) is 6.20 Å². The number of nitrogens with one attached hydrogen (secondary N) is 2. The van der Waals surface area contributed by atoms with Crippen LogP contribution in [0.15, 0.2) is 6.20 Å². The number of aromatic nitrogens is 5. The van der Waals surface area contributed by atoms with Gasteiger partial charge < -0.3 is 5.32 Å². The molecule has 0 bridgehead atoms. The molecule has 0 unspecified atom stereocenters. The van der Waals surface area contributed by atoms with Gasteiger partial charge in [-0.1, -0.05) is 20.8 Å². The zero-order chi connectivity index (χ0) is 13.8. The predicted molar refractivity (Wildman–Crippen MR) is 75.0 cm³/mol. The van der Waals surface area contributed by atoms with Crippen molar-refractivity contribution in [2.24, 2.45) is 0 Å². The van der Waals surface area contributed by atoms with Crippen LogP contribution in [0.5, 0.6) is 0 Å². The predicted octanol–water partition coefficient (Wildman–Crippen LogP) is 2.52. The zero-order valence-corrected chi connectivity index (χ0v) is 11.9. The lowest BCUT2D eigenvalue weighted by Gasteiger charge is -2.16. The van der Waals surface area contributed by atoms with Gasteiger partial charge in [-0.3, -0.25) is 0 Å². The SMILES string of the molecule is CCCNc1nc(-c2cn[nH]n2)nc(C)c1C(C)C. The lowest BCUT2D eigenvalue weighted by molar-refractivity contribution is 0.825. The van der Waals surface area contributed by atoms with Crippen LogP contribution in [0, 0.1) is 6.92 Å². The monoisotopic (exact) mass is 260 g/mol. The van der Waals surface area contributed by atoms with Crippen molar-refractivity contribution in [3.05, 3.63) is 17.5 Å². The summed E-state index contributed by atoms with van der Waals surface area (Å²) in [5.74, 6) is 1.89. The molecule has 0 atom stereocenters. The van der Waals surface area contributed by atoms with Crippen LogP contribution in [0.1, 0.15) is 44.4 Å². The van der Waals surface area contributed by atoms with E-state index in [2.05, 4.69) is 51.5 Å². The van der Waals surface area contributed by atoms with Crippen molar-refractivity contribution in [1.82, 2.24) is 25.4 Å². The highest BCUT2D eigenvalue weighted by atomic mass is 15.3. The average molecular weight is 260 g/mol. The molecule has 0 aromatic carbocycles. The first-order valence-electron chi connectivity index (χ1n) is 6.62. The standard InChI is InChI=1S/C13H20N6/c1-5-6-14-13-11(8(2)3)9(4)16-12(17-13)10-7-15-19-18-10/h7-8H,5-6H2,1-4H3,(H,14,16,17)(H,15,18,19). The second kappa shape index (κ2) is 5.77. The van der Waals surface area contributed by atoms with Crippen molar-refractivity contribution in [3.63, 3.8) is 0 Å². The topological polar surface area (TPSA) is 79.4 Å². The van der Waals surface area contributed by atoms with Gasteiger partial charge >= 0.3 is 0 Å². The molecule has 0 fully saturated rings. The largest absolute Gasteiger partial charge is 0.370 e. The van der Waals surface area contributed by atoms with E-state index >= 15 is 0 Å². The van der Waals surface area contributed by atoms with E-state index in [4.69, 9.17) is 0 Å². The van der Waals surface area contributed by atoms with Gasteiger partial charge in [0.15, 0.2) is 5.82 Å². The van der Waals surface area contributed by atoms with E-state index in [-0.39, 0.29) is 0 Å². The molecule has 0 radical (unpaired) electrons. The van der Waals surface area contributed by atoms with Crippen molar-refractivity contribution in [3.8, 4) is 11.5 Å². The second-order valence-corrected chi connectivity index (χ2v) is 4.83. The Kier molecular flexibility index (Phi) is 4.09. The summed E-state index contributed by atoms with van der Waals surface area (Å²) in [5, 5.41) is 13.8. The van der Waals surface area contributed by atoms with Gasteiger partial charge in [-0.05, 0) is 19.3 Å². The quantitative estimate of drug-likeness (QED) is 0.863. The fourth-order valence-corrected chi connectivity index (χ4v) is 2.07. The molecule has 0 saturated carbocycles. The number of rotatable bonds is 5. The molecule has 0 amide bonds. The molecule has 2 N–H and O–H groups in total. The van der Waals surface area contributed by atoms with Crippen LogP contribution in [0.25, 0.3) is 11.5 Å². The van der Waals surface area contributed by atoms with E-state index < -0.39 is 0 Å². The Morgan fingerprint density at radius 3 is 2.68 bits per heavy atom. The number of nitrogens with zero attached hydrogens (tertiary/aromatic N) is 4. The van der Waals surface area contributed by atoms with Gasteiger partial charge in [-0.2, -0.15) is 15.4 Å². The first-order valence-corrected chi connectivity index (χ1v) is 6.62. The minimum atomic E-state index is 0.380. The molecule has 0 aliphatic carbocycles. The Balaban J connectivity index is 2.47. The van der Waals surface area contributed by atoms with Crippen LogP contribution in [0.2, 0.25) is 0 Å². The Bertz CT molecular complexity index is 532. The van der Waals surface area contributed by atoms with E-state index in [0.29, 0.717) is 17.4 Å². The van der Waals surface area contributed by atoms with E-state index in [0.717, 1.165) is 24.5 Å². The lowest BCUT2D eigenvalue weighted by Crippen LogP contribution is -2.10. The third kappa shape index (κ3) is 2.89. The number of hydrogen-bond donors (Lipinski definition) is 2. The van der Waals surface area contributed by atoms with Gasteiger partial charge in [0.1, 0.15) is 11.5 Å². The minimum absolute atomic E-state index is 0.380. The molecule has 0 spiro atoms. The van der Waals surface area contributed by atoms with Crippen molar-refractivity contribution in [2.75, 3.05) is 11.9 Å². The molecule has 2 aromatic heterocycles. The maximum atomic E-state index is 4.59. The Morgan fingerprint density at radius 1 is 1.32 bits per heavy atom. The summed E-state index contributed by atoms with van der Waals surface area (Å²) in [6.07, 6.45) is 2.69. The van der Waals surface area contributed by atoms with Crippen molar-refractivity contribution in [2.45, 2.75) is 40.0 Å². The molecule has 6 nitrogen and oxygen atoms in total. The summed E-state index contributed by atoms with van der Waals surface area (Å²) >= 11 is 0. The first kappa shape index (κ1) is 13.5. The second-order valence-electron chi connectivity index (χ2n) is 4.83. The van der Waals surface area contributed by atoms with Crippen molar-refractivity contribution in [1.29, 1.82) is 0 Å². The summed E-state index contributed by atoms with van der Waals surface area (Å²) in [6, 6.07) is 0. The number of aryl methyl sites for hydroxylation is 1. The molecule has 102 valence electrons. The highest BCUT2D eigenvalue weighted by Gasteiger charge is 2.16. The van der Waals surface area contributed by atoms with Crippen LogP contribution in [0.4, 0.5) is 5.82 Å². The fourth-order valence-electron chi connectivity index (χ4n) is 2.07. The molecule has 6 heteroatoms. The summed E-state index contributed by atoms with van der Waals surface area (Å²) < 4.78 is 0. The van der Waals surface area contributed by atoms with Crippen LogP contribution >= 0.6 is 0 Å².